The van der Waals surface area contributed by atoms with E-state index in [1.54, 1.807) is 25.1 Å². The van der Waals surface area contributed by atoms with Crippen molar-refractivity contribution in [3.63, 3.8) is 0 Å². The zero-order valence-electron chi connectivity index (χ0n) is 11.6. The lowest BCUT2D eigenvalue weighted by molar-refractivity contribution is -0.385. The number of hydrogen-bond acceptors (Lipinski definition) is 6. The lowest BCUT2D eigenvalue weighted by atomic mass is 10.1. The van der Waals surface area contributed by atoms with Crippen LogP contribution in [-0.2, 0) is 15.3 Å². The van der Waals surface area contributed by atoms with Crippen LogP contribution in [0.4, 0.5) is 5.69 Å². The van der Waals surface area contributed by atoms with E-state index in [0.29, 0.717) is 5.75 Å². The van der Waals surface area contributed by atoms with Gasteiger partial charge in [-0.3, -0.25) is 10.1 Å². The molecule has 2 heterocycles. The van der Waals surface area contributed by atoms with Gasteiger partial charge >= 0.3 is 0 Å². The maximum absolute atomic E-state index is 10.6. The van der Waals surface area contributed by atoms with Gasteiger partial charge in [0.05, 0.1) is 4.92 Å². The summed E-state index contributed by atoms with van der Waals surface area (Å²) in [5.41, 5.74) is 0.685. The van der Waals surface area contributed by atoms with Gasteiger partial charge in [-0.15, -0.1) is 0 Å². The molecule has 1 aliphatic rings. The third kappa shape index (κ3) is 2.69. The van der Waals surface area contributed by atoms with Crippen molar-refractivity contribution >= 4 is 5.69 Å². The van der Waals surface area contributed by atoms with Crippen LogP contribution >= 0.6 is 0 Å². The summed E-state index contributed by atoms with van der Waals surface area (Å²) in [4.78, 5) is 14.0. The SMILES string of the molecule is CC1(c2cccc(Oc3ccc([N+](=O)[O-])cn3)c2)OC=CO1. The number of ether oxygens (including phenoxy) is 3. The Bertz CT molecular complexity index is 719. The second-order valence-corrected chi connectivity index (χ2v) is 4.70. The van der Waals surface area contributed by atoms with Crippen molar-refractivity contribution in [1.29, 1.82) is 0 Å². The Labute approximate surface area is 125 Å². The molecule has 3 rings (SSSR count). The molecule has 0 saturated heterocycles. The molecule has 1 aromatic heterocycles. The second kappa shape index (κ2) is 5.36. The molecule has 0 fully saturated rings. The van der Waals surface area contributed by atoms with E-state index >= 15 is 0 Å². The minimum atomic E-state index is -0.887. The first-order valence-electron chi connectivity index (χ1n) is 6.46. The van der Waals surface area contributed by atoms with Gasteiger partial charge in [-0.25, -0.2) is 4.98 Å². The Morgan fingerprint density at radius 3 is 2.64 bits per heavy atom. The number of nitrogens with zero attached hydrogens (tertiary/aromatic N) is 2. The Morgan fingerprint density at radius 2 is 2.00 bits per heavy atom. The summed E-state index contributed by atoms with van der Waals surface area (Å²) >= 11 is 0. The number of aromatic nitrogens is 1. The van der Waals surface area contributed by atoms with E-state index in [-0.39, 0.29) is 11.6 Å². The first-order chi connectivity index (χ1) is 10.6. The third-order valence-corrected chi connectivity index (χ3v) is 3.15. The maximum Gasteiger partial charge on any atom is 0.287 e. The van der Waals surface area contributed by atoms with Crippen molar-refractivity contribution in [2.24, 2.45) is 0 Å². The van der Waals surface area contributed by atoms with Crippen LogP contribution in [0.3, 0.4) is 0 Å². The van der Waals surface area contributed by atoms with Crippen LogP contribution in [0.1, 0.15) is 12.5 Å². The lowest BCUT2D eigenvalue weighted by Gasteiger charge is -2.23. The minimum Gasteiger partial charge on any atom is -0.453 e. The van der Waals surface area contributed by atoms with Crippen LogP contribution in [0.15, 0.2) is 55.1 Å². The topological polar surface area (TPSA) is 83.7 Å². The highest BCUT2D eigenvalue weighted by atomic mass is 16.7. The molecule has 0 N–H and O–H groups in total. The molecule has 22 heavy (non-hydrogen) atoms. The highest BCUT2D eigenvalue weighted by molar-refractivity contribution is 5.35. The zero-order chi connectivity index (χ0) is 15.6. The van der Waals surface area contributed by atoms with Crippen molar-refractivity contribution < 1.29 is 19.1 Å². The van der Waals surface area contributed by atoms with E-state index in [1.165, 1.54) is 24.7 Å². The van der Waals surface area contributed by atoms with Gasteiger partial charge in [0.2, 0.25) is 5.88 Å². The molecule has 1 aliphatic heterocycles. The second-order valence-electron chi connectivity index (χ2n) is 4.70. The van der Waals surface area contributed by atoms with Crippen molar-refractivity contribution in [3.05, 3.63) is 70.8 Å². The summed E-state index contributed by atoms with van der Waals surface area (Å²) in [6.45, 7) is 1.79. The minimum absolute atomic E-state index is 0.0903. The predicted octanol–water partition coefficient (Wildman–Crippen LogP) is 3.47. The molecule has 7 heteroatoms. The van der Waals surface area contributed by atoms with Crippen LogP contribution in [0.2, 0.25) is 0 Å². The van der Waals surface area contributed by atoms with E-state index < -0.39 is 10.7 Å². The molecule has 112 valence electrons. The number of hydrogen-bond donors (Lipinski definition) is 0. The third-order valence-electron chi connectivity index (χ3n) is 3.15. The average molecular weight is 300 g/mol. The summed E-state index contributed by atoms with van der Waals surface area (Å²) < 4.78 is 16.4. The van der Waals surface area contributed by atoms with E-state index in [2.05, 4.69) is 4.98 Å². The van der Waals surface area contributed by atoms with E-state index in [0.717, 1.165) is 11.8 Å². The summed E-state index contributed by atoms with van der Waals surface area (Å²) in [7, 11) is 0. The molecular formula is C15H12N2O5. The molecular weight excluding hydrogens is 288 g/mol. The molecule has 1 aromatic carbocycles. The summed E-state index contributed by atoms with van der Waals surface area (Å²) in [6.07, 6.45) is 4.10. The van der Waals surface area contributed by atoms with E-state index in [1.807, 2.05) is 6.07 Å². The van der Waals surface area contributed by atoms with Crippen molar-refractivity contribution in [2.75, 3.05) is 0 Å². The summed E-state index contributed by atoms with van der Waals surface area (Å²) in [5.74, 6) is -0.0964. The molecule has 0 radical (unpaired) electrons. The normalized spacial score (nSPS) is 15.0. The van der Waals surface area contributed by atoms with Crippen molar-refractivity contribution in [3.8, 4) is 11.6 Å². The first kappa shape index (κ1) is 13.9. The highest BCUT2D eigenvalue weighted by Gasteiger charge is 2.32. The van der Waals surface area contributed by atoms with Crippen LogP contribution in [-0.4, -0.2) is 9.91 Å². The van der Waals surface area contributed by atoms with Gasteiger partial charge in [0, 0.05) is 24.6 Å². The van der Waals surface area contributed by atoms with E-state index in [9.17, 15) is 10.1 Å². The maximum atomic E-state index is 10.6. The van der Waals surface area contributed by atoms with Gasteiger partial charge in [-0.1, -0.05) is 12.1 Å². The number of nitro groups is 1. The van der Waals surface area contributed by atoms with Gasteiger partial charge < -0.3 is 14.2 Å². The number of benzene rings is 1. The van der Waals surface area contributed by atoms with Crippen molar-refractivity contribution in [2.45, 2.75) is 12.7 Å². The fourth-order valence-electron chi connectivity index (χ4n) is 1.98. The molecule has 0 bridgehead atoms. The lowest BCUT2D eigenvalue weighted by Crippen LogP contribution is -2.21. The molecule has 7 nitrogen and oxygen atoms in total. The largest absolute Gasteiger partial charge is 0.453 e. The molecule has 0 aliphatic carbocycles. The Balaban J connectivity index is 1.79. The van der Waals surface area contributed by atoms with E-state index in [4.69, 9.17) is 14.2 Å². The molecule has 0 saturated carbocycles. The predicted molar refractivity (Wildman–Crippen MR) is 76.1 cm³/mol. The van der Waals surface area contributed by atoms with Gasteiger partial charge in [0.1, 0.15) is 24.5 Å². The van der Waals surface area contributed by atoms with Crippen LogP contribution in [0, 0.1) is 10.1 Å². The molecule has 2 aromatic rings. The van der Waals surface area contributed by atoms with Crippen molar-refractivity contribution in [1.82, 2.24) is 4.98 Å². The summed E-state index contributed by atoms with van der Waals surface area (Å²) in [5, 5.41) is 10.6. The molecule has 0 atom stereocenters. The number of rotatable bonds is 4. The molecule has 0 unspecified atom stereocenters. The first-order valence-corrected chi connectivity index (χ1v) is 6.46. The number of pyridine rings is 1. The highest BCUT2D eigenvalue weighted by Crippen LogP contribution is 2.34. The zero-order valence-corrected chi connectivity index (χ0v) is 11.6. The monoisotopic (exact) mass is 300 g/mol. The quantitative estimate of drug-likeness (QED) is 0.635. The average Bonchev–Trinajstić information content (AvgIpc) is 2.96. The Hall–Kier alpha value is -3.09. The molecule has 0 spiro atoms. The van der Waals surface area contributed by atoms with Gasteiger partial charge in [-0.2, -0.15) is 0 Å². The Kier molecular flexibility index (Phi) is 3.38. The van der Waals surface area contributed by atoms with Gasteiger partial charge in [-0.05, 0) is 12.1 Å². The Morgan fingerprint density at radius 1 is 1.23 bits per heavy atom. The van der Waals surface area contributed by atoms with Gasteiger partial charge in [0.15, 0.2) is 0 Å². The van der Waals surface area contributed by atoms with Crippen LogP contribution in [0.5, 0.6) is 11.6 Å². The van der Waals surface area contributed by atoms with Crippen LogP contribution in [0.25, 0.3) is 0 Å². The standard InChI is InChI=1S/C15H12N2O5/c1-15(20-7-8-21-15)11-3-2-4-13(9-11)22-14-6-5-12(10-16-14)17(18)19/h2-10H,1H3. The summed E-state index contributed by atoms with van der Waals surface area (Å²) in [6, 6.07) is 9.93. The molecule has 0 amide bonds. The smallest absolute Gasteiger partial charge is 0.287 e. The fraction of sp³-hybridized carbons (Fsp3) is 0.133. The fourth-order valence-corrected chi connectivity index (χ4v) is 1.98. The van der Waals surface area contributed by atoms with Gasteiger partial charge in [0.25, 0.3) is 11.5 Å². The van der Waals surface area contributed by atoms with Crippen LogP contribution < -0.4 is 4.74 Å².